The van der Waals surface area contributed by atoms with E-state index in [0.717, 1.165) is 23.3 Å². The number of carbonyl (C=O) groups is 1. The lowest BCUT2D eigenvalue weighted by Gasteiger charge is -2.04. The first-order valence-electron chi connectivity index (χ1n) is 7.06. The van der Waals surface area contributed by atoms with E-state index in [4.69, 9.17) is 9.15 Å². The van der Waals surface area contributed by atoms with Crippen molar-refractivity contribution in [3.05, 3.63) is 60.4 Å². The Morgan fingerprint density at radius 2 is 1.86 bits per heavy atom. The normalized spacial score (nSPS) is 10.7. The van der Waals surface area contributed by atoms with Gasteiger partial charge in [-0.15, -0.1) is 0 Å². The van der Waals surface area contributed by atoms with Gasteiger partial charge in [-0.2, -0.15) is 0 Å². The number of para-hydroxylation sites is 1. The van der Waals surface area contributed by atoms with E-state index >= 15 is 0 Å². The van der Waals surface area contributed by atoms with Gasteiger partial charge in [-0.3, -0.25) is 4.79 Å². The maximum absolute atomic E-state index is 11.9. The minimum Gasteiger partial charge on any atom is -0.457 e. The smallest absolute Gasteiger partial charge is 0.198 e. The molecule has 3 heteroatoms. The summed E-state index contributed by atoms with van der Waals surface area (Å²) < 4.78 is 11.4. The predicted molar refractivity (Wildman–Crippen MR) is 82.0 cm³/mol. The second kappa shape index (κ2) is 5.83. The molecule has 1 heterocycles. The highest BCUT2D eigenvalue weighted by atomic mass is 16.5. The molecule has 0 aliphatic heterocycles. The molecule has 0 aliphatic carbocycles. The van der Waals surface area contributed by atoms with Crippen LogP contribution in [0.3, 0.4) is 0 Å². The molecule has 1 aromatic heterocycles. The van der Waals surface area contributed by atoms with Gasteiger partial charge >= 0.3 is 0 Å². The topological polar surface area (TPSA) is 39.4 Å². The summed E-state index contributed by atoms with van der Waals surface area (Å²) in [6.07, 6.45) is 1.32. The van der Waals surface area contributed by atoms with Gasteiger partial charge < -0.3 is 9.15 Å². The summed E-state index contributed by atoms with van der Waals surface area (Å²) in [6, 6.07) is 16.9. The zero-order valence-corrected chi connectivity index (χ0v) is 11.8. The maximum Gasteiger partial charge on any atom is 0.198 e. The Balaban J connectivity index is 1.88. The number of hydrogen-bond donors (Lipinski definition) is 0. The lowest BCUT2D eigenvalue weighted by Crippen LogP contribution is -1.94. The molecule has 106 valence electrons. The zero-order valence-electron chi connectivity index (χ0n) is 11.8. The van der Waals surface area contributed by atoms with Crippen LogP contribution in [0.15, 0.2) is 59.0 Å². The fourth-order valence-corrected chi connectivity index (χ4v) is 2.20. The summed E-state index contributed by atoms with van der Waals surface area (Å²) in [5.41, 5.74) is 0.704. The fourth-order valence-electron chi connectivity index (χ4n) is 2.20. The molecule has 0 spiro atoms. The van der Waals surface area contributed by atoms with Gasteiger partial charge in [0.25, 0.3) is 0 Å². The monoisotopic (exact) mass is 280 g/mol. The first kappa shape index (κ1) is 13.4. The Morgan fingerprint density at radius 3 is 2.62 bits per heavy atom. The summed E-state index contributed by atoms with van der Waals surface area (Å²) in [7, 11) is 0. The number of carbonyl (C=O) groups excluding carboxylic acids is 1. The third-order valence-corrected chi connectivity index (χ3v) is 3.22. The van der Waals surface area contributed by atoms with Crippen LogP contribution in [0.2, 0.25) is 0 Å². The Kier molecular flexibility index (Phi) is 3.73. The fraction of sp³-hybridized carbons (Fsp3) is 0.167. The highest BCUT2D eigenvalue weighted by Crippen LogP contribution is 2.28. The molecular formula is C18H16O3. The molecule has 0 unspecified atom stereocenters. The van der Waals surface area contributed by atoms with Crippen molar-refractivity contribution >= 4 is 16.8 Å². The Labute approximate surface area is 123 Å². The Bertz CT molecular complexity index is 756. The molecule has 0 radical (unpaired) electrons. The van der Waals surface area contributed by atoms with E-state index < -0.39 is 0 Å². The number of Topliss-reactive ketones (excluding diaryl/α,β-unsaturated/α-hetero) is 1. The highest BCUT2D eigenvalue weighted by Gasteiger charge is 2.12. The van der Waals surface area contributed by atoms with Crippen LogP contribution in [0.25, 0.3) is 11.0 Å². The molecule has 3 aromatic rings. The van der Waals surface area contributed by atoms with Crippen LogP contribution in [0, 0.1) is 0 Å². The third kappa shape index (κ3) is 2.97. The van der Waals surface area contributed by atoms with E-state index in [9.17, 15) is 4.79 Å². The van der Waals surface area contributed by atoms with Gasteiger partial charge in [0, 0.05) is 11.8 Å². The summed E-state index contributed by atoms with van der Waals surface area (Å²) in [6.45, 7) is 1.98. The van der Waals surface area contributed by atoms with Gasteiger partial charge in [0.1, 0.15) is 17.1 Å². The Hall–Kier alpha value is -2.55. The van der Waals surface area contributed by atoms with Crippen LogP contribution in [0.5, 0.6) is 11.5 Å². The number of benzene rings is 2. The van der Waals surface area contributed by atoms with Crippen molar-refractivity contribution in [2.45, 2.75) is 19.8 Å². The summed E-state index contributed by atoms with van der Waals surface area (Å²) in [5, 5.41) is 0.878. The molecule has 0 bridgehead atoms. The van der Waals surface area contributed by atoms with Crippen molar-refractivity contribution in [1.29, 1.82) is 0 Å². The Morgan fingerprint density at radius 1 is 1.05 bits per heavy atom. The molecule has 3 rings (SSSR count). The number of rotatable bonds is 5. The standard InChI is InChI=1S/C18H16O3/c1-2-6-16(19)18-12-13-11-15(9-10-17(13)21-18)20-14-7-4-3-5-8-14/h3-5,7-12H,2,6H2,1H3. The van der Waals surface area contributed by atoms with Gasteiger partial charge in [0.05, 0.1) is 0 Å². The molecule has 3 nitrogen and oxygen atoms in total. The summed E-state index contributed by atoms with van der Waals surface area (Å²) >= 11 is 0. The molecule has 0 N–H and O–H groups in total. The van der Waals surface area contributed by atoms with Gasteiger partial charge in [0.15, 0.2) is 11.5 Å². The molecule has 21 heavy (non-hydrogen) atoms. The summed E-state index contributed by atoms with van der Waals surface area (Å²) in [5.74, 6) is 1.97. The van der Waals surface area contributed by atoms with Crippen LogP contribution in [-0.4, -0.2) is 5.78 Å². The maximum atomic E-state index is 11.9. The lowest BCUT2D eigenvalue weighted by atomic mass is 10.2. The molecule has 0 amide bonds. The third-order valence-electron chi connectivity index (χ3n) is 3.22. The van der Waals surface area contributed by atoms with Crippen LogP contribution < -0.4 is 4.74 Å². The van der Waals surface area contributed by atoms with E-state index in [1.54, 1.807) is 6.07 Å². The molecular weight excluding hydrogens is 264 g/mol. The number of ether oxygens (including phenoxy) is 1. The van der Waals surface area contributed by atoms with E-state index in [0.29, 0.717) is 17.8 Å². The van der Waals surface area contributed by atoms with Crippen molar-refractivity contribution in [1.82, 2.24) is 0 Å². The highest BCUT2D eigenvalue weighted by molar-refractivity contribution is 5.97. The number of fused-ring (bicyclic) bond motifs is 1. The van der Waals surface area contributed by atoms with Crippen molar-refractivity contribution in [2.24, 2.45) is 0 Å². The van der Waals surface area contributed by atoms with Crippen LogP contribution in [0.4, 0.5) is 0 Å². The van der Waals surface area contributed by atoms with Crippen molar-refractivity contribution in [3.63, 3.8) is 0 Å². The second-order valence-corrected chi connectivity index (χ2v) is 4.90. The van der Waals surface area contributed by atoms with E-state index in [1.165, 1.54) is 0 Å². The van der Waals surface area contributed by atoms with Gasteiger partial charge in [-0.05, 0) is 42.8 Å². The van der Waals surface area contributed by atoms with Crippen LogP contribution in [0.1, 0.15) is 30.3 Å². The molecule has 2 aromatic carbocycles. The number of furan rings is 1. The first-order chi connectivity index (χ1) is 10.3. The quantitative estimate of drug-likeness (QED) is 0.602. The molecule has 0 atom stereocenters. The van der Waals surface area contributed by atoms with E-state index in [2.05, 4.69) is 0 Å². The number of ketones is 1. The minimum atomic E-state index is 0.0410. The average Bonchev–Trinajstić information content (AvgIpc) is 2.92. The van der Waals surface area contributed by atoms with Gasteiger partial charge in [0.2, 0.25) is 0 Å². The minimum absolute atomic E-state index is 0.0410. The zero-order chi connectivity index (χ0) is 14.7. The number of hydrogen-bond acceptors (Lipinski definition) is 3. The second-order valence-electron chi connectivity index (χ2n) is 4.90. The van der Waals surface area contributed by atoms with Gasteiger partial charge in [-0.25, -0.2) is 0 Å². The van der Waals surface area contributed by atoms with E-state index in [1.807, 2.05) is 55.5 Å². The van der Waals surface area contributed by atoms with Gasteiger partial charge in [-0.1, -0.05) is 25.1 Å². The molecule has 0 saturated heterocycles. The van der Waals surface area contributed by atoms with Crippen molar-refractivity contribution < 1.29 is 13.9 Å². The lowest BCUT2D eigenvalue weighted by molar-refractivity contribution is 0.0957. The van der Waals surface area contributed by atoms with Crippen molar-refractivity contribution in [2.75, 3.05) is 0 Å². The van der Waals surface area contributed by atoms with Crippen molar-refractivity contribution in [3.8, 4) is 11.5 Å². The predicted octanol–water partition coefficient (Wildman–Crippen LogP) is 5.21. The first-order valence-corrected chi connectivity index (χ1v) is 7.06. The molecule has 0 saturated carbocycles. The van der Waals surface area contributed by atoms with Crippen LogP contribution >= 0.6 is 0 Å². The van der Waals surface area contributed by atoms with E-state index in [-0.39, 0.29) is 5.78 Å². The molecule has 0 aliphatic rings. The summed E-state index contributed by atoms with van der Waals surface area (Å²) in [4.78, 5) is 11.9. The molecule has 0 fully saturated rings. The largest absolute Gasteiger partial charge is 0.457 e. The average molecular weight is 280 g/mol. The SMILES string of the molecule is CCCC(=O)c1cc2cc(Oc3ccccc3)ccc2o1. The van der Waals surface area contributed by atoms with Crippen LogP contribution in [-0.2, 0) is 0 Å².